The van der Waals surface area contributed by atoms with E-state index in [0.717, 1.165) is 42.0 Å². The molecular weight excluding hydrogens is 272 g/mol. The van der Waals surface area contributed by atoms with Crippen LogP contribution in [0.1, 0.15) is 55.3 Å². The van der Waals surface area contributed by atoms with Crippen molar-refractivity contribution in [1.82, 2.24) is 9.88 Å². The number of hydrogen-bond donors (Lipinski definition) is 1. The molecule has 0 aromatic carbocycles. The maximum Gasteiger partial charge on any atom is 0.225 e. The minimum Gasteiger partial charge on any atom is -0.389 e. The molecule has 1 N–H and O–H groups in total. The molecule has 0 radical (unpaired) electrons. The van der Waals surface area contributed by atoms with Crippen molar-refractivity contribution in [2.75, 3.05) is 7.05 Å². The molecule has 0 unspecified atom stereocenters. The summed E-state index contributed by atoms with van der Waals surface area (Å²) in [6, 6.07) is 0. The van der Waals surface area contributed by atoms with Gasteiger partial charge in [-0.1, -0.05) is 26.2 Å². The highest BCUT2D eigenvalue weighted by Gasteiger charge is 2.32. The van der Waals surface area contributed by atoms with Crippen molar-refractivity contribution in [3.63, 3.8) is 0 Å². The predicted octanol–water partition coefficient (Wildman–Crippen LogP) is 2.75. The Hall–Kier alpha value is -0.940. The first-order valence-electron chi connectivity index (χ1n) is 7.42. The number of thiazole rings is 1. The summed E-state index contributed by atoms with van der Waals surface area (Å²) in [5, 5.41) is 11.5. The standard InChI is InChI=1S/C15H24N2O2S/c1-3-13-16-10-12(20-13)11-17(2)14(18)9-15(19)7-5-4-6-8-15/h10,19H,3-9,11H2,1-2H3. The normalized spacial score (nSPS) is 17.9. The van der Waals surface area contributed by atoms with E-state index >= 15 is 0 Å². The van der Waals surface area contributed by atoms with E-state index in [1.54, 1.807) is 23.3 Å². The highest BCUT2D eigenvalue weighted by Crippen LogP contribution is 2.31. The molecule has 1 aromatic rings. The summed E-state index contributed by atoms with van der Waals surface area (Å²) < 4.78 is 0. The van der Waals surface area contributed by atoms with Gasteiger partial charge in [-0.3, -0.25) is 4.79 Å². The van der Waals surface area contributed by atoms with Gasteiger partial charge in [0, 0.05) is 18.1 Å². The zero-order chi connectivity index (χ0) is 14.6. The van der Waals surface area contributed by atoms with Crippen molar-refractivity contribution in [2.45, 2.75) is 64.0 Å². The van der Waals surface area contributed by atoms with Gasteiger partial charge in [-0.15, -0.1) is 11.3 Å². The minimum atomic E-state index is -0.772. The van der Waals surface area contributed by atoms with E-state index in [1.165, 1.54) is 6.42 Å². The third-order valence-electron chi connectivity index (χ3n) is 3.99. The van der Waals surface area contributed by atoms with Gasteiger partial charge in [0.1, 0.15) is 0 Å². The van der Waals surface area contributed by atoms with Crippen LogP contribution in [0.2, 0.25) is 0 Å². The van der Waals surface area contributed by atoms with E-state index < -0.39 is 5.60 Å². The number of aliphatic hydroxyl groups is 1. The van der Waals surface area contributed by atoms with Crippen molar-refractivity contribution >= 4 is 17.2 Å². The average Bonchev–Trinajstić information content (AvgIpc) is 2.86. The Morgan fingerprint density at radius 1 is 1.45 bits per heavy atom. The van der Waals surface area contributed by atoms with Crippen molar-refractivity contribution in [3.8, 4) is 0 Å². The van der Waals surface area contributed by atoms with E-state index in [4.69, 9.17) is 0 Å². The Bertz CT molecular complexity index is 452. The number of carbonyl (C=O) groups excluding carboxylic acids is 1. The highest BCUT2D eigenvalue weighted by atomic mass is 32.1. The SMILES string of the molecule is CCc1ncc(CN(C)C(=O)CC2(O)CCCCC2)s1. The first-order chi connectivity index (χ1) is 9.52. The number of carbonyl (C=O) groups is 1. The van der Waals surface area contributed by atoms with Crippen LogP contribution in [0.4, 0.5) is 0 Å². The summed E-state index contributed by atoms with van der Waals surface area (Å²) in [4.78, 5) is 19.4. The lowest BCUT2D eigenvalue weighted by Crippen LogP contribution is -2.38. The quantitative estimate of drug-likeness (QED) is 0.909. The number of aryl methyl sites for hydroxylation is 1. The van der Waals surface area contributed by atoms with Crippen LogP contribution in [0, 0.1) is 0 Å². The first-order valence-corrected chi connectivity index (χ1v) is 8.24. The zero-order valence-electron chi connectivity index (χ0n) is 12.4. The van der Waals surface area contributed by atoms with Crippen LogP contribution in [-0.2, 0) is 17.8 Å². The first kappa shape index (κ1) is 15.4. The van der Waals surface area contributed by atoms with Gasteiger partial charge < -0.3 is 10.0 Å². The van der Waals surface area contributed by atoms with Gasteiger partial charge in [0.05, 0.1) is 23.6 Å². The molecule has 0 saturated heterocycles. The minimum absolute atomic E-state index is 0.0286. The predicted molar refractivity (Wildman–Crippen MR) is 80.6 cm³/mol. The van der Waals surface area contributed by atoms with Crippen LogP contribution in [0.15, 0.2) is 6.20 Å². The summed E-state index contributed by atoms with van der Waals surface area (Å²) in [6.45, 7) is 2.67. The number of hydrogen-bond acceptors (Lipinski definition) is 4. The summed E-state index contributed by atoms with van der Waals surface area (Å²) in [6.07, 6.45) is 7.78. The second-order valence-corrected chi connectivity index (χ2v) is 6.99. The Labute approximate surface area is 124 Å². The average molecular weight is 296 g/mol. The lowest BCUT2D eigenvalue weighted by molar-refractivity contribution is -0.137. The molecule has 20 heavy (non-hydrogen) atoms. The number of nitrogens with zero attached hydrogens (tertiary/aromatic N) is 2. The van der Waals surface area contributed by atoms with Gasteiger partial charge in [-0.2, -0.15) is 0 Å². The molecule has 0 spiro atoms. The monoisotopic (exact) mass is 296 g/mol. The summed E-state index contributed by atoms with van der Waals surface area (Å²) in [5.41, 5.74) is -0.772. The summed E-state index contributed by atoms with van der Waals surface area (Å²) >= 11 is 1.66. The van der Waals surface area contributed by atoms with E-state index in [1.807, 2.05) is 6.20 Å². The van der Waals surface area contributed by atoms with Crippen LogP contribution in [-0.4, -0.2) is 33.5 Å². The smallest absolute Gasteiger partial charge is 0.225 e. The molecule has 2 rings (SSSR count). The zero-order valence-corrected chi connectivity index (χ0v) is 13.2. The fourth-order valence-corrected chi connectivity index (χ4v) is 3.63. The fourth-order valence-electron chi connectivity index (χ4n) is 2.71. The van der Waals surface area contributed by atoms with E-state index in [9.17, 15) is 9.90 Å². The van der Waals surface area contributed by atoms with Crippen molar-refractivity contribution in [2.24, 2.45) is 0 Å². The van der Waals surface area contributed by atoms with Gasteiger partial charge in [0.2, 0.25) is 5.91 Å². The van der Waals surface area contributed by atoms with Crippen molar-refractivity contribution in [3.05, 3.63) is 16.1 Å². The fraction of sp³-hybridized carbons (Fsp3) is 0.733. The molecule has 0 bridgehead atoms. The third-order valence-corrected chi connectivity index (χ3v) is 5.11. The second kappa shape index (κ2) is 6.68. The molecule has 1 aromatic heterocycles. The Kier molecular flexibility index (Phi) is 5.16. The summed E-state index contributed by atoms with van der Waals surface area (Å²) in [7, 11) is 1.81. The van der Waals surface area contributed by atoms with E-state index in [-0.39, 0.29) is 12.3 Å². The molecule has 5 heteroatoms. The second-order valence-electron chi connectivity index (χ2n) is 5.79. The van der Waals surface area contributed by atoms with Gasteiger partial charge in [-0.25, -0.2) is 4.98 Å². The molecule has 1 aliphatic carbocycles. The van der Waals surface area contributed by atoms with Crippen LogP contribution in [0.5, 0.6) is 0 Å². The third kappa shape index (κ3) is 4.03. The van der Waals surface area contributed by atoms with E-state index in [0.29, 0.717) is 6.54 Å². The molecule has 112 valence electrons. The Balaban J connectivity index is 1.88. The highest BCUT2D eigenvalue weighted by molar-refractivity contribution is 7.11. The topological polar surface area (TPSA) is 53.4 Å². The molecule has 1 heterocycles. The van der Waals surface area contributed by atoms with Crippen LogP contribution < -0.4 is 0 Å². The molecule has 1 amide bonds. The molecule has 1 saturated carbocycles. The van der Waals surface area contributed by atoms with Gasteiger partial charge in [-0.05, 0) is 19.3 Å². The molecule has 1 aliphatic rings. The lowest BCUT2D eigenvalue weighted by atomic mass is 9.82. The molecule has 0 atom stereocenters. The molecule has 1 fully saturated rings. The van der Waals surface area contributed by atoms with Crippen molar-refractivity contribution in [1.29, 1.82) is 0 Å². The van der Waals surface area contributed by atoms with Crippen LogP contribution in [0.3, 0.4) is 0 Å². The van der Waals surface area contributed by atoms with Gasteiger partial charge >= 0.3 is 0 Å². The largest absolute Gasteiger partial charge is 0.389 e. The number of aromatic nitrogens is 1. The van der Waals surface area contributed by atoms with Crippen LogP contribution in [0.25, 0.3) is 0 Å². The number of amides is 1. The van der Waals surface area contributed by atoms with Gasteiger partial charge in [0.15, 0.2) is 0 Å². The molecule has 4 nitrogen and oxygen atoms in total. The maximum atomic E-state index is 12.2. The number of rotatable bonds is 5. The van der Waals surface area contributed by atoms with Gasteiger partial charge in [0.25, 0.3) is 0 Å². The van der Waals surface area contributed by atoms with E-state index in [2.05, 4.69) is 11.9 Å². The molecular formula is C15H24N2O2S. The summed E-state index contributed by atoms with van der Waals surface area (Å²) in [5.74, 6) is 0.0286. The van der Waals surface area contributed by atoms with Crippen molar-refractivity contribution < 1.29 is 9.90 Å². The Morgan fingerprint density at radius 3 is 2.75 bits per heavy atom. The lowest BCUT2D eigenvalue weighted by Gasteiger charge is -2.32. The Morgan fingerprint density at radius 2 is 2.15 bits per heavy atom. The van der Waals surface area contributed by atoms with Crippen LogP contribution >= 0.6 is 11.3 Å². The maximum absolute atomic E-state index is 12.2. The molecule has 0 aliphatic heterocycles.